The Morgan fingerprint density at radius 2 is 1.64 bits per heavy atom. The standard InChI is InChI=1S/C17H19N3O5/c1-3-24-16(22)12-8-13(17(23)25-4-2)10-14(9-12)19-15(21)11-20-7-5-6-18-20/h5-10H,3-4,11H2,1-2H3,(H,19,21). The fourth-order valence-corrected chi connectivity index (χ4v) is 2.11. The fourth-order valence-electron chi connectivity index (χ4n) is 2.11. The van der Waals surface area contributed by atoms with Crippen LogP contribution in [0.3, 0.4) is 0 Å². The zero-order valence-corrected chi connectivity index (χ0v) is 14.0. The van der Waals surface area contributed by atoms with Gasteiger partial charge in [-0.3, -0.25) is 9.48 Å². The Morgan fingerprint density at radius 3 is 2.12 bits per heavy atom. The molecule has 0 atom stereocenters. The van der Waals surface area contributed by atoms with E-state index in [1.54, 1.807) is 32.3 Å². The maximum absolute atomic E-state index is 12.1. The number of carbonyl (C=O) groups is 3. The molecular weight excluding hydrogens is 326 g/mol. The maximum Gasteiger partial charge on any atom is 0.338 e. The van der Waals surface area contributed by atoms with Crippen molar-refractivity contribution >= 4 is 23.5 Å². The molecule has 1 amide bonds. The Hall–Kier alpha value is -3.16. The molecule has 25 heavy (non-hydrogen) atoms. The van der Waals surface area contributed by atoms with Crippen LogP contribution in [0.2, 0.25) is 0 Å². The van der Waals surface area contributed by atoms with Crippen molar-refractivity contribution in [1.29, 1.82) is 0 Å². The SMILES string of the molecule is CCOC(=O)c1cc(NC(=O)Cn2cccn2)cc(C(=O)OCC)c1. The predicted octanol–water partition coefficient (Wildman–Crippen LogP) is 1.88. The molecule has 8 heteroatoms. The van der Waals surface area contributed by atoms with Crippen LogP contribution < -0.4 is 5.32 Å². The van der Waals surface area contributed by atoms with Crippen LogP contribution in [0, 0.1) is 0 Å². The second kappa shape index (κ2) is 8.62. The van der Waals surface area contributed by atoms with Crippen molar-refractivity contribution in [3.63, 3.8) is 0 Å². The first-order chi connectivity index (χ1) is 12.0. The molecule has 0 saturated carbocycles. The van der Waals surface area contributed by atoms with E-state index in [0.717, 1.165) is 0 Å². The topological polar surface area (TPSA) is 99.5 Å². The van der Waals surface area contributed by atoms with Gasteiger partial charge in [-0.25, -0.2) is 9.59 Å². The second-order valence-corrected chi connectivity index (χ2v) is 4.99. The van der Waals surface area contributed by atoms with Crippen molar-refractivity contribution in [2.24, 2.45) is 0 Å². The van der Waals surface area contributed by atoms with E-state index in [1.165, 1.54) is 22.9 Å². The van der Waals surface area contributed by atoms with E-state index in [2.05, 4.69) is 10.4 Å². The normalized spacial score (nSPS) is 10.2. The van der Waals surface area contributed by atoms with Gasteiger partial charge >= 0.3 is 11.9 Å². The molecule has 0 bridgehead atoms. The monoisotopic (exact) mass is 345 g/mol. The molecule has 0 unspecified atom stereocenters. The van der Waals surface area contributed by atoms with Crippen molar-refractivity contribution in [2.75, 3.05) is 18.5 Å². The molecule has 0 aliphatic heterocycles. The minimum Gasteiger partial charge on any atom is -0.462 e. The van der Waals surface area contributed by atoms with Crippen molar-refractivity contribution in [3.8, 4) is 0 Å². The van der Waals surface area contributed by atoms with Gasteiger partial charge in [-0.2, -0.15) is 5.10 Å². The molecule has 1 aromatic carbocycles. The van der Waals surface area contributed by atoms with E-state index >= 15 is 0 Å². The average Bonchev–Trinajstić information content (AvgIpc) is 3.07. The van der Waals surface area contributed by atoms with Crippen molar-refractivity contribution in [2.45, 2.75) is 20.4 Å². The van der Waals surface area contributed by atoms with Gasteiger partial charge in [0.2, 0.25) is 5.91 Å². The number of benzene rings is 1. The summed E-state index contributed by atoms with van der Waals surface area (Å²) in [5, 5.41) is 6.59. The third-order valence-corrected chi connectivity index (χ3v) is 3.10. The van der Waals surface area contributed by atoms with Gasteiger partial charge in [0.15, 0.2) is 0 Å². The third kappa shape index (κ3) is 5.17. The van der Waals surface area contributed by atoms with Crippen LogP contribution in [0.5, 0.6) is 0 Å². The lowest BCUT2D eigenvalue weighted by molar-refractivity contribution is -0.116. The van der Waals surface area contributed by atoms with Gasteiger partial charge in [-0.05, 0) is 38.1 Å². The fraction of sp³-hybridized carbons (Fsp3) is 0.294. The Labute approximate surface area is 144 Å². The van der Waals surface area contributed by atoms with E-state index in [-0.39, 0.29) is 36.8 Å². The molecule has 1 aromatic heterocycles. The molecule has 1 N–H and O–H groups in total. The molecule has 0 spiro atoms. The molecule has 0 aliphatic rings. The average molecular weight is 345 g/mol. The van der Waals surface area contributed by atoms with Gasteiger partial charge in [-0.1, -0.05) is 0 Å². The van der Waals surface area contributed by atoms with E-state index in [4.69, 9.17) is 9.47 Å². The van der Waals surface area contributed by atoms with Gasteiger partial charge in [0.05, 0.1) is 24.3 Å². The molecule has 132 valence electrons. The number of rotatable bonds is 7. The summed E-state index contributed by atoms with van der Waals surface area (Å²) in [5.41, 5.74) is 0.606. The highest BCUT2D eigenvalue weighted by Gasteiger charge is 2.16. The summed E-state index contributed by atoms with van der Waals surface area (Å²) in [6, 6.07) is 5.97. The second-order valence-electron chi connectivity index (χ2n) is 4.99. The molecular formula is C17H19N3O5. The van der Waals surface area contributed by atoms with Crippen LogP contribution in [0.25, 0.3) is 0 Å². The summed E-state index contributed by atoms with van der Waals surface area (Å²) in [7, 11) is 0. The largest absolute Gasteiger partial charge is 0.462 e. The van der Waals surface area contributed by atoms with Gasteiger partial charge in [-0.15, -0.1) is 0 Å². The molecule has 0 fully saturated rings. The highest BCUT2D eigenvalue weighted by molar-refractivity contribution is 5.99. The summed E-state index contributed by atoms with van der Waals surface area (Å²) in [6.45, 7) is 3.76. The number of amides is 1. The summed E-state index contributed by atoms with van der Waals surface area (Å²) in [6.07, 6.45) is 3.21. The summed E-state index contributed by atoms with van der Waals surface area (Å²) in [5.74, 6) is -1.52. The van der Waals surface area contributed by atoms with Crippen LogP contribution in [-0.2, 0) is 20.8 Å². The molecule has 0 radical (unpaired) electrons. The zero-order valence-electron chi connectivity index (χ0n) is 14.0. The Bertz CT molecular complexity index is 719. The highest BCUT2D eigenvalue weighted by Crippen LogP contribution is 2.17. The lowest BCUT2D eigenvalue weighted by Crippen LogP contribution is -2.20. The van der Waals surface area contributed by atoms with Crippen LogP contribution in [0.4, 0.5) is 5.69 Å². The Balaban J connectivity index is 2.23. The Morgan fingerprint density at radius 1 is 1.04 bits per heavy atom. The van der Waals surface area contributed by atoms with Crippen molar-refractivity contribution in [1.82, 2.24) is 9.78 Å². The maximum atomic E-state index is 12.1. The van der Waals surface area contributed by atoms with Crippen molar-refractivity contribution in [3.05, 3.63) is 47.8 Å². The number of anilines is 1. The summed E-state index contributed by atoms with van der Waals surface area (Å²) >= 11 is 0. The number of aromatic nitrogens is 2. The molecule has 2 aromatic rings. The Kier molecular flexibility index (Phi) is 6.27. The lowest BCUT2D eigenvalue weighted by Gasteiger charge is -2.10. The van der Waals surface area contributed by atoms with Gasteiger partial charge in [0, 0.05) is 18.1 Å². The van der Waals surface area contributed by atoms with Crippen LogP contribution >= 0.6 is 0 Å². The summed E-state index contributed by atoms with van der Waals surface area (Å²) < 4.78 is 11.4. The number of carbonyl (C=O) groups excluding carboxylic acids is 3. The number of esters is 2. The van der Waals surface area contributed by atoms with E-state index < -0.39 is 11.9 Å². The number of hydrogen-bond acceptors (Lipinski definition) is 6. The first-order valence-electron chi connectivity index (χ1n) is 7.80. The van der Waals surface area contributed by atoms with E-state index in [0.29, 0.717) is 5.69 Å². The number of nitrogens with one attached hydrogen (secondary N) is 1. The molecule has 1 heterocycles. The minimum absolute atomic E-state index is 0.00533. The van der Waals surface area contributed by atoms with Gasteiger partial charge < -0.3 is 14.8 Å². The van der Waals surface area contributed by atoms with Crippen molar-refractivity contribution < 1.29 is 23.9 Å². The predicted molar refractivity (Wildman–Crippen MR) is 89.2 cm³/mol. The van der Waals surface area contributed by atoms with Crippen LogP contribution in [0.15, 0.2) is 36.7 Å². The number of ether oxygens (including phenoxy) is 2. The third-order valence-electron chi connectivity index (χ3n) is 3.10. The first kappa shape index (κ1) is 18.2. The molecule has 0 saturated heterocycles. The summed E-state index contributed by atoms with van der Waals surface area (Å²) in [4.78, 5) is 36.0. The van der Waals surface area contributed by atoms with Crippen LogP contribution in [-0.4, -0.2) is 40.8 Å². The van der Waals surface area contributed by atoms with E-state index in [9.17, 15) is 14.4 Å². The highest BCUT2D eigenvalue weighted by atomic mass is 16.5. The minimum atomic E-state index is -0.587. The van der Waals surface area contributed by atoms with Gasteiger partial charge in [0.25, 0.3) is 0 Å². The van der Waals surface area contributed by atoms with Crippen LogP contribution in [0.1, 0.15) is 34.6 Å². The smallest absolute Gasteiger partial charge is 0.338 e. The number of nitrogens with zero attached hydrogens (tertiary/aromatic N) is 2. The first-order valence-corrected chi connectivity index (χ1v) is 7.80. The quantitative estimate of drug-likeness (QED) is 0.769. The molecule has 0 aliphatic carbocycles. The van der Waals surface area contributed by atoms with E-state index in [1.807, 2.05) is 0 Å². The molecule has 8 nitrogen and oxygen atoms in total. The lowest BCUT2D eigenvalue weighted by atomic mass is 10.1. The number of hydrogen-bond donors (Lipinski definition) is 1. The molecule has 2 rings (SSSR count). The zero-order chi connectivity index (χ0) is 18.2. The van der Waals surface area contributed by atoms with Gasteiger partial charge in [0.1, 0.15) is 6.54 Å².